The number of pyridine rings is 1. The van der Waals surface area contributed by atoms with Gasteiger partial charge in [0.1, 0.15) is 5.65 Å². The van der Waals surface area contributed by atoms with Crippen molar-refractivity contribution in [2.75, 3.05) is 0 Å². The van der Waals surface area contributed by atoms with Crippen molar-refractivity contribution in [2.24, 2.45) is 0 Å². The second-order valence-electron chi connectivity index (χ2n) is 6.62. The monoisotopic (exact) mass is 308 g/mol. The molecule has 2 heterocycles. The lowest BCUT2D eigenvalue weighted by Gasteiger charge is -2.43. The lowest BCUT2D eigenvalue weighted by Crippen LogP contribution is -2.56. The lowest BCUT2D eigenvalue weighted by molar-refractivity contribution is 0.834. The highest BCUT2D eigenvalue weighted by molar-refractivity contribution is 6.96. The molecule has 4 heteroatoms. The number of hydrogen-bond acceptors (Lipinski definition) is 1. The minimum absolute atomic E-state index is 0.637. The van der Waals surface area contributed by atoms with Gasteiger partial charge in [-0.15, -0.1) is 0 Å². The number of nitrogens with one attached hydrogen (secondary N) is 1. The summed E-state index contributed by atoms with van der Waals surface area (Å²) in [7, 11) is -1.75. The molecule has 0 radical (unpaired) electrons. The van der Waals surface area contributed by atoms with Gasteiger partial charge in [-0.25, -0.2) is 4.98 Å². The Bertz CT molecular complexity index is 580. The highest BCUT2D eigenvalue weighted by atomic mass is 35.5. The van der Waals surface area contributed by atoms with Crippen LogP contribution in [0.15, 0.2) is 18.5 Å². The third-order valence-corrected chi connectivity index (χ3v) is 12.5. The van der Waals surface area contributed by atoms with E-state index in [0.29, 0.717) is 16.6 Å². The molecule has 2 aromatic rings. The van der Waals surface area contributed by atoms with Crippen LogP contribution in [0, 0.1) is 0 Å². The zero-order chi connectivity index (χ0) is 15.1. The number of aromatic nitrogens is 2. The van der Waals surface area contributed by atoms with E-state index in [9.17, 15) is 0 Å². The molecule has 0 aromatic carbocycles. The van der Waals surface area contributed by atoms with Gasteiger partial charge in [0.15, 0.2) is 0 Å². The van der Waals surface area contributed by atoms with Gasteiger partial charge >= 0.3 is 0 Å². The van der Waals surface area contributed by atoms with Gasteiger partial charge in [0.2, 0.25) is 0 Å². The first-order chi connectivity index (χ1) is 9.33. The fraction of sp³-hybridized carbons (Fsp3) is 0.562. The van der Waals surface area contributed by atoms with E-state index in [-0.39, 0.29) is 0 Å². The predicted octanol–water partition coefficient (Wildman–Crippen LogP) is 5.10. The Morgan fingerprint density at radius 1 is 1.05 bits per heavy atom. The molecule has 2 nitrogen and oxygen atoms in total. The highest BCUT2D eigenvalue weighted by Crippen LogP contribution is 2.42. The van der Waals surface area contributed by atoms with Crippen LogP contribution in [0.5, 0.6) is 0 Å². The van der Waals surface area contributed by atoms with Crippen LogP contribution in [0.1, 0.15) is 41.5 Å². The molecule has 2 rings (SSSR count). The maximum atomic E-state index is 6.77. The molecule has 0 unspecified atom stereocenters. The topological polar surface area (TPSA) is 28.7 Å². The van der Waals surface area contributed by atoms with E-state index in [0.717, 1.165) is 16.1 Å². The van der Waals surface area contributed by atoms with Crippen LogP contribution in [0.3, 0.4) is 0 Å². The normalized spacial score (nSPS) is 13.1. The predicted molar refractivity (Wildman–Crippen MR) is 91.8 cm³/mol. The van der Waals surface area contributed by atoms with Crippen molar-refractivity contribution in [2.45, 2.75) is 58.2 Å². The van der Waals surface area contributed by atoms with Crippen molar-refractivity contribution >= 4 is 35.9 Å². The number of fused-ring (bicyclic) bond motifs is 1. The molecule has 0 aliphatic heterocycles. The Labute approximate surface area is 128 Å². The van der Waals surface area contributed by atoms with Crippen LogP contribution in [-0.2, 0) is 0 Å². The number of aromatic amines is 1. The lowest BCUT2D eigenvalue weighted by atomic mass is 10.3. The summed E-state index contributed by atoms with van der Waals surface area (Å²) < 4.78 is 0. The molecule has 0 aliphatic carbocycles. The summed E-state index contributed by atoms with van der Waals surface area (Å²) in [5.74, 6) is 0. The van der Waals surface area contributed by atoms with Gasteiger partial charge in [-0.1, -0.05) is 53.1 Å². The van der Waals surface area contributed by atoms with Gasteiger partial charge in [0.05, 0.1) is 13.1 Å². The number of hydrogen-bond donors (Lipinski definition) is 1. The molecule has 0 bridgehead atoms. The van der Waals surface area contributed by atoms with Crippen LogP contribution >= 0.6 is 11.6 Å². The zero-order valence-electron chi connectivity index (χ0n) is 13.3. The molecule has 0 fully saturated rings. The van der Waals surface area contributed by atoms with E-state index in [1.807, 2.05) is 18.5 Å². The standard InChI is InChI=1S/C16H25ClN2Si/c1-10(2)20(11(3)4,12(5)6)14-9-19-16-13(15(14)17)7-8-18-16/h7-12H,1-6H3,(H,18,19). The first kappa shape index (κ1) is 15.6. The fourth-order valence-electron chi connectivity index (χ4n) is 4.21. The minimum Gasteiger partial charge on any atom is -0.346 e. The van der Waals surface area contributed by atoms with Crippen LogP contribution in [0.25, 0.3) is 11.0 Å². The smallest absolute Gasteiger partial charge is 0.138 e. The van der Waals surface area contributed by atoms with Crippen molar-refractivity contribution in [1.82, 2.24) is 9.97 Å². The second-order valence-corrected chi connectivity index (χ2v) is 12.9. The molecule has 1 N–H and O–H groups in total. The largest absolute Gasteiger partial charge is 0.346 e. The number of H-pyrrole nitrogens is 1. The first-order valence-electron chi connectivity index (χ1n) is 7.45. The van der Waals surface area contributed by atoms with E-state index < -0.39 is 8.07 Å². The average molecular weight is 309 g/mol. The Morgan fingerprint density at radius 3 is 2.10 bits per heavy atom. The Hall–Kier alpha value is -0.803. The number of rotatable bonds is 4. The molecule has 0 atom stereocenters. The van der Waals surface area contributed by atoms with Crippen molar-refractivity contribution in [3.63, 3.8) is 0 Å². The summed E-state index contributed by atoms with van der Waals surface area (Å²) in [5.41, 5.74) is 2.80. The second kappa shape index (κ2) is 5.53. The molecule has 2 aromatic heterocycles. The third-order valence-electron chi connectivity index (χ3n) is 4.85. The van der Waals surface area contributed by atoms with E-state index in [4.69, 9.17) is 11.6 Å². The zero-order valence-corrected chi connectivity index (χ0v) is 15.0. The summed E-state index contributed by atoms with van der Waals surface area (Å²) in [6, 6.07) is 2.04. The van der Waals surface area contributed by atoms with Crippen molar-refractivity contribution in [3.8, 4) is 0 Å². The molecular formula is C16H25ClN2Si. The molecular weight excluding hydrogens is 284 g/mol. The van der Waals surface area contributed by atoms with Gasteiger partial charge in [0.25, 0.3) is 0 Å². The molecule has 0 amide bonds. The van der Waals surface area contributed by atoms with E-state index >= 15 is 0 Å². The summed E-state index contributed by atoms with van der Waals surface area (Å²) in [6.45, 7) is 14.1. The Morgan fingerprint density at radius 2 is 1.60 bits per heavy atom. The SMILES string of the molecule is CC(C)[Si](c1cnc2[nH]ccc2c1Cl)(C(C)C)C(C)C. The molecule has 0 saturated carbocycles. The quantitative estimate of drug-likeness (QED) is 0.782. The fourth-order valence-corrected chi connectivity index (χ4v) is 11.6. The maximum absolute atomic E-state index is 6.77. The summed E-state index contributed by atoms with van der Waals surface area (Å²) in [4.78, 5) is 7.76. The van der Waals surface area contributed by atoms with Crippen LogP contribution in [-0.4, -0.2) is 18.0 Å². The molecule has 0 aliphatic rings. The van der Waals surface area contributed by atoms with Crippen LogP contribution < -0.4 is 5.19 Å². The molecule has 20 heavy (non-hydrogen) atoms. The van der Waals surface area contributed by atoms with E-state index in [1.165, 1.54) is 5.19 Å². The van der Waals surface area contributed by atoms with Crippen LogP contribution in [0.4, 0.5) is 0 Å². The number of nitrogens with zero attached hydrogens (tertiary/aromatic N) is 1. The number of halogens is 1. The van der Waals surface area contributed by atoms with Crippen molar-refractivity contribution in [1.29, 1.82) is 0 Å². The Balaban J connectivity index is 2.77. The van der Waals surface area contributed by atoms with Crippen molar-refractivity contribution in [3.05, 3.63) is 23.5 Å². The van der Waals surface area contributed by atoms with Crippen LogP contribution in [0.2, 0.25) is 21.6 Å². The van der Waals surface area contributed by atoms with Gasteiger partial charge < -0.3 is 4.98 Å². The third kappa shape index (κ3) is 2.11. The maximum Gasteiger partial charge on any atom is 0.138 e. The molecule has 0 saturated heterocycles. The minimum atomic E-state index is -1.75. The van der Waals surface area contributed by atoms with Gasteiger partial charge in [0, 0.05) is 17.8 Å². The average Bonchev–Trinajstić information content (AvgIpc) is 2.80. The molecule has 110 valence electrons. The van der Waals surface area contributed by atoms with Gasteiger partial charge in [-0.2, -0.15) is 0 Å². The van der Waals surface area contributed by atoms with Crippen molar-refractivity contribution < 1.29 is 0 Å². The van der Waals surface area contributed by atoms with Gasteiger partial charge in [-0.3, -0.25) is 0 Å². The Kier molecular flexibility index (Phi) is 4.31. The van der Waals surface area contributed by atoms with Gasteiger partial charge in [-0.05, 0) is 27.9 Å². The van der Waals surface area contributed by atoms with E-state index in [2.05, 4.69) is 51.5 Å². The first-order valence-corrected chi connectivity index (χ1v) is 10.1. The summed E-state index contributed by atoms with van der Waals surface area (Å²) >= 11 is 6.77. The molecule has 0 spiro atoms. The van der Waals surface area contributed by atoms with E-state index in [1.54, 1.807) is 0 Å². The summed E-state index contributed by atoms with van der Waals surface area (Å²) in [5, 5.41) is 3.30. The highest BCUT2D eigenvalue weighted by Gasteiger charge is 2.46. The summed E-state index contributed by atoms with van der Waals surface area (Å²) in [6.07, 6.45) is 3.95.